The lowest BCUT2D eigenvalue weighted by molar-refractivity contribution is -0.433. The van der Waals surface area contributed by atoms with Gasteiger partial charge in [-0.1, -0.05) is 86.7 Å². The van der Waals surface area contributed by atoms with Crippen molar-refractivity contribution in [3.05, 3.63) is 143 Å². The normalized spacial score (nSPS) is 20.1. The summed E-state index contributed by atoms with van der Waals surface area (Å²) in [6, 6.07) is 26.9. The van der Waals surface area contributed by atoms with Crippen molar-refractivity contribution in [3.63, 3.8) is 0 Å². The topological polar surface area (TPSA) is 6.25 Å². The predicted molar refractivity (Wildman–Crippen MR) is 207 cm³/mol. The first-order valence-corrected chi connectivity index (χ1v) is 18.2. The fraction of sp³-hybridized carbons (Fsp3) is 0.295. The smallest absolute Gasteiger partial charge is 0.210 e. The fourth-order valence-corrected chi connectivity index (χ4v) is 9.45. The van der Waals surface area contributed by atoms with Gasteiger partial charge in [0.2, 0.25) is 5.69 Å². The van der Waals surface area contributed by atoms with Crippen molar-refractivity contribution in [2.75, 3.05) is 23.7 Å². The summed E-state index contributed by atoms with van der Waals surface area (Å²) in [4.78, 5) is 3.94. The number of hydrogen-bond donors (Lipinski definition) is 0. The van der Waals surface area contributed by atoms with E-state index in [0.717, 1.165) is 31.7 Å². The zero-order chi connectivity index (χ0) is 32.9. The van der Waals surface area contributed by atoms with E-state index in [0.29, 0.717) is 0 Å². The summed E-state index contributed by atoms with van der Waals surface area (Å²) in [7, 11) is 0. The highest BCUT2D eigenvalue weighted by molar-refractivity contribution is 8.03. The number of likely N-dealkylation sites (N-methyl/N-ethyl adjacent to an activating group) is 1. The molecule has 1 aliphatic carbocycles. The SMILES string of the molecule is C=CCSC1=C(/C=C/C2=[N+](CC)c3ccc4ccccc4c3C2(C)C)CC/C1=C\C=C1\N(CC)c2ccc3ccccc3c2C1(C)C. The number of hydrogen-bond acceptors (Lipinski definition) is 2. The summed E-state index contributed by atoms with van der Waals surface area (Å²) >= 11 is 1.93. The van der Waals surface area contributed by atoms with Crippen LogP contribution in [0, 0.1) is 0 Å². The summed E-state index contributed by atoms with van der Waals surface area (Å²) in [6.45, 7) is 20.1. The number of nitrogens with zero attached hydrogens (tertiary/aromatic N) is 2. The summed E-state index contributed by atoms with van der Waals surface area (Å²) in [6.07, 6.45) is 13.8. The van der Waals surface area contributed by atoms with E-state index in [1.165, 1.54) is 71.5 Å². The molecular formula is C44H47N2S+. The van der Waals surface area contributed by atoms with Crippen molar-refractivity contribution in [2.45, 2.75) is 65.2 Å². The fourth-order valence-electron chi connectivity index (χ4n) is 8.46. The zero-order valence-corrected chi connectivity index (χ0v) is 29.7. The molecule has 3 heteroatoms. The lowest BCUT2D eigenvalue weighted by Gasteiger charge is -2.26. The first kappa shape index (κ1) is 31.5. The van der Waals surface area contributed by atoms with Gasteiger partial charge in [-0.25, -0.2) is 0 Å². The number of thioether (sulfide) groups is 1. The Balaban J connectivity index is 1.27. The van der Waals surface area contributed by atoms with E-state index in [9.17, 15) is 0 Å². The molecule has 0 bridgehead atoms. The van der Waals surface area contributed by atoms with E-state index < -0.39 is 0 Å². The Bertz CT molecular complexity index is 2080. The van der Waals surface area contributed by atoms with Crippen molar-refractivity contribution in [2.24, 2.45) is 0 Å². The van der Waals surface area contributed by atoms with Crippen molar-refractivity contribution in [1.29, 1.82) is 0 Å². The Kier molecular flexibility index (Phi) is 8.17. The Morgan fingerprint density at radius 3 is 2.15 bits per heavy atom. The lowest BCUT2D eigenvalue weighted by Crippen LogP contribution is -2.27. The Hall–Kier alpha value is -4.08. The minimum atomic E-state index is -0.0871. The molecular weight excluding hydrogens is 589 g/mol. The standard InChI is InChI=1S/C44H47N2S/c1-8-29-47-42-32(23-27-38-43(4,5)40-34-17-13-11-15-30(34)21-25-36(40)45(38)9-2)19-20-33(42)24-28-39-44(6,7)41-35-18-14-12-16-31(35)22-26-37(41)46(39)10-3/h8,11-18,21-28H,1,9-10,19-20,29H2,2-7H3/q+1. The van der Waals surface area contributed by atoms with Crippen LogP contribution in [0.2, 0.25) is 0 Å². The maximum atomic E-state index is 4.06. The molecule has 0 N–H and O–H groups in total. The first-order valence-electron chi connectivity index (χ1n) is 17.3. The Labute approximate surface area is 285 Å². The van der Waals surface area contributed by atoms with Crippen LogP contribution in [-0.2, 0) is 10.8 Å². The van der Waals surface area contributed by atoms with Gasteiger partial charge in [0.25, 0.3) is 0 Å². The van der Waals surface area contributed by atoms with Gasteiger partial charge in [0, 0.05) is 51.7 Å². The van der Waals surface area contributed by atoms with E-state index in [-0.39, 0.29) is 10.8 Å². The lowest BCUT2D eigenvalue weighted by atomic mass is 9.79. The number of allylic oxidation sites excluding steroid dienone is 7. The van der Waals surface area contributed by atoms with Gasteiger partial charge in [-0.2, -0.15) is 4.58 Å². The molecule has 2 heterocycles. The second-order valence-corrected chi connectivity index (χ2v) is 15.0. The molecule has 4 aromatic rings. The van der Waals surface area contributed by atoms with Gasteiger partial charge in [-0.05, 0) is 97.0 Å². The molecule has 0 unspecified atom stereocenters. The summed E-state index contributed by atoms with van der Waals surface area (Å²) < 4.78 is 2.52. The van der Waals surface area contributed by atoms with Crippen LogP contribution in [0.25, 0.3) is 21.5 Å². The maximum absolute atomic E-state index is 4.06. The van der Waals surface area contributed by atoms with E-state index >= 15 is 0 Å². The molecule has 0 saturated carbocycles. The molecule has 4 aromatic carbocycles. The van der Waals surface area contributed by atoms with E-state index in [2.05, 4.69) is 155 Å². The van der Waals surface area contributed by atoms with E-state index in [4.69, 9.17) is 0 Å². The molecule has 2 aliphatic heterocycles. The molecule has 7 rings (SSSR count). The molecule has 238 valence electrons. The van der Waals surface area contributed by atoms with Crippen LogP contribution >= 0.6 is 11.8 Å². The van der Waals surface area contributed by atoms with Crippen LogP contribution in [0.4, 0.5) is 11.4 Å². The number of rotatable bonds is 8. The monoisotopic (exact) mass is 635 g/mol. The van der Waals surface area contributed by atoms with Crippen LogP contribution in [0.3, 0.4) is 0 Å². The first-order chi connectivity index (χ1) is 22.7. The van der Waals surface area contributed by atoms with E-state index in [1.54, 1.807) is 0 Å². The molecule has 47 heavy (non-hydrogen) atoms. The summed E-state index contributed by atoms with van der Waals surface area (Å²) in [5, 5.41) is 5.36. The quantitative estimate of drug-likeness (QED) is 0.140. The second kappa shape index (κ2) is 12.2. The maximum Gasteiger partial charge on any atom is 0.210 e. The van der Waals surface area contributed by atoms with Crippen molar-refractivity contribution in [3.8, 4) is 0 Å². The van der Waals surface area contributed by atoms with Crippen LogP contribution in [-0.4, -0.2) is 29.1 Å². The number of fused-ring (bicyclic) bond motifs is 6. The molecule has 0 saturated heterocycles. The molecule has 0 fully saturated rings. The average Bonchev–Trinajstić information content (AvgIpc) is 3.65. The van der Waals surface area contributed by atoms with Crippen LogP contribution in [0.1, 0.15) is 65.5 Å². The van der Waals surface area contributed by atoms with Gasteiger partial charge >= 0.3 is 0 Å². The number of anilines is 1. The van der Waals surface area contributed by atoms with Gasteiger partial charge in [0.15, 0.2) is 5.71 Å². The van der Waals surface area contributed by atoms with Gasteiger partial charge in [0.1, 0.15) is 6.54 Å². The van der Waals surface area contributed by atoms with Gasteiger partial charge < -0.3 is 4.90 Å². The third-order valence-corrected chi connectivity index (χ3v) is 11.8. The Morgan fingerprint density at radius 2 is 1.47 bits per heavy atom. The highest BCUT2D eigenvalue weighted by Crippen LogP contribution is 2.51. The van der Waals surface area contributed by atoms with Gasteiger partial charge in [-0.3, -0.25) is 0 Å². The van der Waals surface area contributed by atoms with Crippen molar-refractivity contribution >= 4 is 50.4 Å². The number of benzene rings is 4. The molecule has 3 aliphatic rings. The third kappa shape index (κ3) is 5.06. The molecule has 0 aromatic heterocycles. The molecule has 2 nitrogen and oxygen atoms in total. The van der Waals surface area contributed by atoms with Crippen LogP contribution in [0.5, 0.6) is 0 Å². The molecule has 0 spiro atoms. The van der Waals surface area contributed by atoms with Crippen molar-refractivity contribution in [1.82, 2.24) is 0 Å². The molecule has 0 atom stereocenters. The van der Waals surface area contributed by atoms with Gasteiger partial charge in [-0.15, -0.1) is 18.3 Å². The minimum Gasteiger partial charge on any atom is -0.344 e. The highest BCUT2D eigenvalue weighted by Gasteiger charge is 2.45. The highest BCUT2D eigenvalue weighted by atomic mass is 32.2. The van der Waals surface area contributed by atoms with Crippen LogP contribution in [0.15, 0.2) is 132 Å². The minimum absolute atomic E-state index is 0.0871. The van der Waals surface area contributed by atoms with Gasteiger partial charge in [0.05, 0.1) is 5.41 Å². The Morgan fingerprint density at radius 1 is 0.787 bits per heavy atom. The van der Waals surface area contributed by atoms with Crippen LogP contribution < -0.4 is 4.90 Å². The van der Waals surface area contributed by atoms with E-state index in [1.807, 2.05) is 17.8 Å². The second-order valence-electron chi connectivity index (χ2n) is 14.0. The third-order valence-electron chi connectivity index (χ3n) is 10.6. The average molecular weight is 636 g/mol. The predicted octanol–water partition coefficient (Wildman–Crippen LogP) is 11.5. The van der Waals surface area contributed by atoms with Crippen molar-refractivity contribution < 1.29 is 4.58 Å². The summed E-state index contributed by atoms with van der Waals surface area (Å²) in [5.74, 6) is 0.908. The summed E-state index contributed by atoms with van der Waals surface area (Å²) in [5.41, 5.74) is 11.0. The zero-order valence-electron chi connectivity index (χ0n) is 28.9. The largest absolute Gasteiger partial charge is 0.344 e. The molecule has 0 radical (unpaired) electrons. The molecule has 0 amide bonds.